The van der Waals surface area contributed by atoms with E-state index in [2.05, 4.69) is 0 Å². The molecule has 0 fully saturated rings. The van der Waals surface area contributed by atoms with E-state index in [4.69, 9.17) is 21.8 Å². The average molecular weight is 293 g/mol. The summed E-state index contributed by atoms with van der Waals surface area (Å²) in [7, 11) is 1.48. The summed E-state index contributed by atoms with van der Waals surface area (Å²) in [6.07, 6.45) is 0. The van der Waals surface area contributed by atoms with Crippen LogP contribution < -0.4 is 5.73 Å². The second kappa shape index (κ2) is 5.79. The summed E-state index contributed by atoms with van der Waals surface area (Å²) in [5.74, 6) is -0.379. The van der Waals surface area contributed by atoms with E-state index in [9.17, 15) is 9.59 Å². The highest BCUT2D eigenvalue weighted by molar-refractivity contribution is 6.33. The Labute approximate surface area is 120 Å². The lowest BCUT2D eigenvalue weighted by Crippen LogP contribution is -2.35. The van der Waals surface area contributed by atoms with Crippen LogP contribution in [0.2, 0.25) is 5.02 Å². The van der Waals surface area contributed by atoms with Crippen LogP contribution in [0.5, 0.6) is 0 Å². The topological polar surface area (TPSA) is 76.5 Å². The van der Waals surface area contributed by atoms with Crippen LogP contribution in [0.4, 0.5) is 0 Å². The van der Waals surface area contributed by atoms with E-state index in [0.29, 0.717) is 16.3 Å². The zero-order valence-corrected chi connectivity index (χ0v) is 11.6. The van der Waals surface area contributed by atoms with Crippen molar-refractivity contribution in [2.45, 2.75) is 0 Å². The molecule has 1 aromatic carbocycles. The number of carbonyl (C=O) groups is 2. The van der Waals surface area contributed by atoms with Gasteiger partial charge >= 0.3 is 0 Å². The van der Waals surface area contributed by atoms with Gasteiger partial charge in [-0.1, -0.05) is 23.7 Å². The van der Waals surface area contributed by atoms with Gasteiger partial charge in [0.1, 0.15) is 5.76 Å². The molecule has 0 atom stereocenters. The highest BCUT2D eigenvalue weighted by Gasteiger charge is 2.18. The van der Waals surface area contributed by atoms with Crippen LogP contribution in [0, 0.1) is 0 Å². The number of amides is 2. The minimum Gasteiger partial charge on any atom is -0.451 e. The van der Waals surface area contributed by atoms with Gasteiger partial charge in [0.15, 0.2) is 5.76 Å². The average Bonchev–Trinajstić information content (AvgIpc) is 2.87. The molecular weight excluding hydrogens is 280 g/mol. The molecule has 2 aromatic rings. The van der Waals surface area contributed by atoms with Crippen LogP contribution in [-0.2, 0) is 4.79 Å². The number of nitrogens with zero attached hydrogens (tertiary/aromatic N) is 1. The lowest BCUT2D eigenvalue weighted by Gasteiger charge is -2.12. The van der Waals surface area contributed by atoms with Crippen molar-refractivity contribution in [3.8, 4) is 11.3 Å². The number of furan rings is 1. The number of hydrogen-bond donors (Lipinski definition) is 1. The number of likely N-dealkylation sites (N-methyl/N-ethyl adjacent to an activating group) is 1. The van der Waals surface area contributed by atoms with Gasteiger partial charge in [-0.25, -0.2) is 0 Å². The zero-order chi connectivity index (χ0) is 14.7. The van der Waals surface area contributed by atoms with Crippen LogP contribution in [-0.4, -0.2) is 30.3 Å². The van der Waals surface area contributed by atoms with E-state index in [-0.39, 0.29) is 12.3 Å². The second-order valence-corrected chi connectivity index (χ2v) is 4.68. The fraction of sp³-hybridized carbons (Fsp3) is 0.143. The first-order valence-corrected chi connectivity index (χ1v) is 6.25. The maximum atomic E-state index is 12.0. The third-order valence-electron chi connectivity index (χ3n) is 2.70. The Kier molecular flexibility index (Phi) is 4.10. The van der Waals surface area contributed by atoms with Crippen molar-refractivity contribution < 1.29 is 14.0 Å². The summed E-state index contributed by atoms with van der Waals surface area (Å²) in [5.41, 5.74) is 5.74. The van der Waals surface area contributed by atoms with Crippen LogP contribution in [0.25, 0.3) is 11.3 Å². The lowest BCUT2D eigenvalue weighted by atomic mass is 10.2. The lowest BCUT2D eigenvalue weighted by molar-refractivity contribution is -0.118. The predicted molar refractivity (Wildman–Crippen MR) is 75.3 cm³/mol. The number of nitrogens with two attached hydrogens (primary N) is 1. The molecule has 0 unspecified atom stereocenters. The fourth-order valence-electron chi connectivity index (χ4n) is 1.75. The molecule has 2 amide bonds. The van der Waals surface area contributed by atoms with Crippen molar-refractivity contribution in [2.75, 3.05) is 13.6 Å². The molecule has 1 aromatic heterocycles. The van der Waals surface area contributed by atoms with E-state index in [0.717, 1.165) is 0 Å². The Balaban J connectivity index is 2.23. The Morgan fingerprint density at radius 3 is 2.60 bits per heavy atom. The number of hydrogen-bond acceptors (Lipinski definition) is 3. The van der Waals surface area contributed by atoms with Crippen molar-refractivity contribution in [3.05, 3.63) is 47.2 Å². The molecule has 0 aliphatic rings. The molecule has 6 heteroatoms. The first-order chi connectivity index (χ1) is 9.49. The van der Waals surface area contributed by atoms with Crippen molar-refractivity contribution in [2.24, 2.45) is 5.73 Å². The van der Waals surface area contributed by atoms with Crippen LogP contribution >= 0.6 is 11.6 Å². The summed E-state index contributed by atoms with van der Waals surface area (Å²) in [6, 6.07) is 10.4. The molecule has 0 saturated heterocycles. The molecule has 0 spiro atoms. The van der Waals surface area contributed by atoms with Crippen LogP contribution in [0.1, 0.15) is 10.6 Å². The number of halogens is 1. The van der Waals surface area contributed by atoms with Crippen molar-refractivity contribution >= 4 is 23.4 Å². The minimum atomic E-state index is -0.585. The van der Waals surface area contributed by atoms with Crippen molar-refractivity contribution in [1.82, 2.24) is 4.90 Å². The number of benzene rings is 1. The molecule has 1 heterocycles. The molecule has 5 nitrogen and oxygen atoms in total. The van der Waals surface area contributed by atoms with Crippen molar-refractivity contribution in [1.29, 1.82) is 0 Å². The minimum absolute atomic E-state index is 0.128. The van der Waals surface area contributed by atoms with Gasteiger partial charge in [-0.05, 0) is 24.3 Å². The zero-order valence-electron chi connectivity index (χ0n) is 10.8. The first-order valence-electron chi connectivity index (χ1n) is 5.87. The third-order valence-corrected chi connectivity index (χ3v) is 3.03. The Bertz CT molecular complexity index is 651. The predicted octanol–water partition coefficient (Wildman–Crippen LogP) is 2.16. The molecule has 0 radical (unpaired) electrons. The van der Waals surface area contributed by atoms with E-state index in [1.54, 1.807) is 24.3 Å². The molecule has 0 saturated carbocycles. The van der Waals surface area contributed by atoms with Crippen LogP contribution in [0.15, 0.2) is 40.8 Å². The summed E-state index contributed by atoms with van der Waals surface area (Å²) < 4.78 is 5.49. The second-order valence-electron chi connectivity index (χ2n) is 4.27. The van der Waals surface area contributed by atoms with Gasteiger partial charge in [0, 0.05) is 12.6 Å². The van der Waals surface area contributed by atoms with E-state index < -0.39 is 11.8 Å². The molecule has 20 heavy (non-hydrogen) atoms. The SMILES string of the molecule is CN(CC(N)=O)C(=O)c1ccc(-c2ccccc2Cl)o1. The summed E-state index contributed by atoms with van der Waals surface area (Å²) in [5, 5.41) is 0.534. The highest BCUT2D eigenvalue weighted by Crippen LogP contribution is 2.29. The number of primary amides is 1. The fourth-order valence-corrected chi connectivity index (χ4v) is 1.98. The largest absolute Gasteiger partial charge is 0.451 e. The van der Waals surface area contributed by atoms with Gasteiger partial charge < -0.3 is 15.1 Å². The molecule has 104 valence electrons. The van der Waals surface area contributed by atoms with Gasteiger partial charge in [-0.15, -0.1) is 0 Å². The summed E-state index contributed by atoms with van der Waals surface area (Å²) in [6.45, 7) is -0.166. The molecule has 0 aliphatic carbocycles. The number of rotatable bonds is 4. The monoisotopic (exact) mass is 292 g/mol. The van der Waals surface area contributed by atoms with Gasteiger partial charge in [-0.3, -0.25) is 9.59 Å². The van der Waals surface area contributed by atoms with Crippen molar-refractivity contribution in [3.63, 3.8) is 0 Å². The smallest absolute Gasteiger partial charge is 0.289 e. The Morgan fingerprint density at radius 1 is 1.25 bits per heavy atom. The first kappa shape index (κ1) is 14.1. The summed E-state index contributed by atoms with van der Waals surface area (Å²) in [4.78, 5) is 24.0. The molecule has 2 rings (SSSR count). The van der Waals surface area contributed by atoms with E-state index in [1.807, 2.05) is 12.1 Å². The summed E-state index contributed by atoms with van der Waals surface area (Å²) >= 11 is 6.06. The maximum Gasteiger partial charge on any atom is 0.289 e. The standard InChI is InChI=1S/C14H13ClN2O3/c1-17(8-13(16)18)14(19)12-7-6-11(20-12)9-4-2-3-5-10(9)15/h2-7H,8H2,1H3,(H2,16,18). The molecule has 0 aliphatic heterocycles. The molecule has 0 bridgehead atoms. The van der Waals surface area contributed by atoms with E-state index in [1.165, 1.54) is 11.9 Å². The quantitative estimate of drug-likeness (QED) is 0.938. The molecular formula is C14H13ClN2O3. The van der Waals surface area contributed by atoms with E-state index >= 15 is 0 Å². The van der Waals surface area contributed by atoms with Gasteiger partial charge in [0.2, 0.25) is 5.91 Å². The number of carbonyl (C=O) groups excluding carboxylic acids is 2. The third kappa shape index (κ3) is 3.00. The Morgan fingerprint density at radius 2 is 1.95 bits per heavy atom. The normalized spacial score (nSPS) is 10.3. The van der Waals surface area contributed by atoms with Crippen LogP contribution in [0.3, 0.4) is 0 Å². The Hall–Kier alpha value is -2.27. The highest BCUT2D eigenvalue weighted by atomic mass is 35.5. The maximum absolute atomic E-state index is 12.0. The van der Waals surface area contributed by atoms with Gasteiger partial charge in [0.05, 0.1) is 11.6 Å². The molecule has 2 N–H and O–H groups in total. The van der Waals surface area contributed by atoms with Gasteiger partial charge in [0.25, 0.3) is 5.91 Å². The van der Waals surface area contributed by atoms with Gasteiger partial charge in [-0.2, -0.15) is 0 Å².